The molecule has 7 nitrogen and oxygen atoms in total. The third-order valence-electron chi connectivity index (χ3n) is 3.42. The molecule has 136 valence electrons. The molecule has 3 amide bonds. The normalized spacial score (nSPS) is 10.6. The molecule has 0 aliphatic heterocycles. The van der Waals surface area contributed by atoms with E-state index < -0.39 is 6.03 Å². The molecule has 0 radical (unpaired) electrons. The summed E-state index contributed by atoms with van der Waals surface area (Å²) in [7, 11) is 0. The molecule has 0 unspecified atom stereocenters. The molecule has 3 aromatic rings. The highest BCUT2D eigenvalue weighted by Gasteiger charge is 2.17. The molecule has 0 bridgehead atoms. The number of anilines is 3. The van der Waals surface area contributed by atoms with Crippen LogP contribution in [-0.4, -0.2) is 23.1 Å². The number of thiazole rings is 1. The van der Waals surface area contributed by atoms with E-state index in [0.717, 1.165) is 5.69 Å². The lowest BCUT2D eigenvalue weighted by Crippen LogP contribution is -2.24. The van der Waals surface area contributed by atoms with Gasteiger partial charge in [0.05, 0.1) is 17.6 Å². The Balaban J connectivity index is 1.64. The van der Waals surface area contributed by atoms with E-state index in [1.165, 1.54) is 29.4 Å². The lowest BCUT2D eigenvalue weighted by molar-refractivity contribution is -0.115. The average molecular weight is 379 g/mol. The molecule has 1 aromatic heterocycles. The van der Waals surface area contributed by atoms with Gasteiger partial charge in [-0.2, -0.15) is 5.10 Å². The maximum atomic E-state index is 12.0. The number of para-hydroxylation sites is 2. The Hall–Kier alpha value is -3.52. The summed E-state index contributed by atoms with van der Waals surface area (Å²) in [5.41, 5.74) is 4.32. The van der Waals surface area contributed by atoms with Crippen molar-refractivity contribution in [1.29, 1.82) is 0 Å². The number of hydrazone groups is 1. The van der Waals surface area contributed by atoms with Gasteiger partial charge in [0.15, 0.2) is 5.13 Å². The van der Waals surface area contributed by atoms with Crippen LogP contribution in [0.25, 0.3) is 0 Å². The number of nitrogens with one attached hydrogen (secondary N) is 2. The second-order valence-corrected chi connectivity index (χ2v) is 6.27. The quantitative estimate of drug-likeness (QED) is 0.519. The van der Waals surface area contributed by atoms with Crippen LogP contribution >= 0.6 is 11.3 Å². The summed E-state index contributed by atoms with van der Waals surface area (Å²) in [5.74, 6) is -0.139. The summed E-state index contributed by atoms with van der Waals surface area (Å²) in [6.07, 6.45) is 1.42. The fourth-order valence-corrected chi connectivity index (χ4v) is 3.12. The van der Waals surface area contributed by atoms with E-state index in [4.69, 9.17) is 0 Å². The molecule has 27 heavy (non-hydrogen) atoms. The summed E-state index contributed by atoms with van der Waals surface area (Å²) in [4.78, 5) is 29.7. The molecule has 0 atom stereocenters. The third kappa shape index (κ3) is 4.99. The fraction of sp³-hybridized carbons (Fsp3) is 0.0526. The Kier molecular flexibility index (Phi) is 5.91. The van der Waals surface area contributed by atoms with Crippen LogP contribution in [0.1, 0.15) is 12.6 Å². The Bertz CT molecular complexity index is 941. The van der Waals surface area contributed by atoms with Gasteiger partial charge in [-0.15, -0.1) is 11.3 Å². The van der Waals surface area contributed by atoms with Gasteiger partial charge in [0, 0.05) is 18.0 Å². The van der Waals surface area contributed by atoms with Crippen LogP contribution in [0.2, 0.25) is 0 Å². The molecule has 2 aromatic carbocycles. The molecular weight excluding hydrogens is 362 g/mol. The summed E-state index contributed by atoms with van der Waals surface area (Å²) < 4.78 is 0. The third-order valence-corrected chi connectivity index (χ3v) is 4.27. The number of urea groups is 1. The van der Waals surface area contributed by atoms with E-state index in [1.54, 1.807) is 17.5 Å². The minimum atomic E-state index is -0.456. The van der Waals surface area contributed by atoms with E-state index in [-0.39, 0.29) is 5.91 Å². The zero-order chi connectivity index (χ0) is 19.1. The van der Waals surface area contributed by atoms with E-state index in [1.807, 2.05) is 48.5 Å². The van der Waals surface area contributed by atoms with Crippen molar-refractivity contribution >= 4 is 46.0 Å². The minimum absolute atomic E-state index is 0.139. The number of hydrogen-bond acceptors (Lipinski definition) is 5. The van der Waals surface area contributed by atoms with Crippen LogP contribution in [-0.2, 0) is 4.79 Å². The number of hydrogen-bond donors (Lipinski definition) is 2. The molecule has 8 heteroatoms. The van der Waals surface area contributed by atoms with Crippen molar-refractivity contribution in [2.24, 2.45) is 5.10 Å². The number of benzene rings is 2. The maximum absolute atomic E-state index is 12.0. The second-order valence-electron chi connectivity index (χ2n) is 5.44. The lowest BCUT2D eigenvalue weighted by Gasteiger charge is -2.17. The predicted octanol–water partition coefficient (Wildman–Crippen LogP) is 3.98. The highest BCUT2D eigenvalue weighted by molar-refractivity contribution is 7.14. The Morgan fingerprint density at radius 2 is 1.74 bits per heavy atom. The first kappa shape index (κ1) is 18.3. The van der Waals surface area contributed by atoms with Gasteiger partial charge in [0.2, 0.25) is 5.91 Å². The highest BCUT2D eigenvalue weighted by Crippen LogP contribution is 2.28. The first-order chi connectivity index (χ1) is 13.1. The number of nitrogens with zero attached hydrogens (tertiary/aromatic N) is 3. The van der Waals surface area contributed by atoms with E-state index in [9.17, 15) is 9.59 Å². The first-order valence-corrected chi connectivity index (χ1v) is 8.98. The van der Waals surface area contributed by atoms with Crippen LogP contribution in [0.5, 0.6) is 0 Å². The molecule has 1 heterocycles. The van der Waals surface area contributed by atoms with Crippen LogP contribution in [0.4, 0.5) is 21.3 Å². The van der Waals surface area contributed by atoms with Crippen molar-refractivity contribution in [2.75, 3.05) is 10.2 Å². The Labute approximate surface area is 160 Å². The van der Waals surface area contributed by atoms with Crippen molar-refractivity contribution < 1.29 is 9.59 Å². The highest BCUT2D eigenvalue weighted by atomic mass is 32.1. The number of rotatable bonds is 5. The fourth-order valence-electron chi connectivity index (χ4n) is 2.28. The van der Waals surface area contributed by atoms with Crippen molar-refractivity contribution in [3.8, 4) is 0 Å². The summed E-state index contributed by atoms with van der Waals surface area (Å²) in [6.45, 7) is 1.48. The zero-order valence-electron chi connectivity index (χ0n) is 14.5. The van der Waals surface area contributed by atoms with Crippen LogP contribution in [0.3, 0.4) is 0 Å². The van der Waals surface area contributed by atoms with E-state index >= 15 is 0 Å². The molecule has 0 saturated carbocycles. The van der Waals surface area contributed by atoms with Crippen molar-refractivity contribution in [3.05, 3.63) is 71.7 Å². The lowest BCUT2D eigenvalue weighted by atomic mass is 10.3. The van der Waals surface area contributed by atoms with Crippen LogP contribution < -0.4 is 15.6 Å². The van der Waals surface area contributed by atoms with Crippen molar-refractivity contribution in [1.82, 2.24) is 10.4 Å². The van der Waals surface area contributed by atoms with Gasteiger partial charge < -0.3 is 5.32 Å². The van der Waals surface area contributed by atoms with Gasteiger partial charge in [-0.1, -0.05) is 36.4 Å². The summed E-state index contributed by atoms with van der Waals surface area (Å²) in [6, 6.07) is 17.9. The monoisotopic (exact) mass is 379 g/mol. The zero-order valence-corrected chi connectivity index (χ0v) is 15.3. The largest absolute Gasteiger partial charge is 0.339 e. The molecule has 0 aliphatic rings. The molecular formula is C19H17N5O2S. The van der Waals surface area contributed by atoms with E-state index in [0.29, 0.717) is 16.5 Å². The average Bonchev–Trinajstić information content (AvgIpc) is 3.11. The van der Waals surface area contributed by atoms with Gasteiger partial charge in [-0.3, -0.25) is 9.69 Å². The van der Waals surface area contributed by atoms with Crippen LogP contribution in [0, 0.1) is 0 Å². The number of aromatic nitrogens is 1. The van der Waals surface area contributed by atoms with Crippen molar-refractivity contribution in [3.63, 3.8) is 0 Å². The molecule has 0 fully saturated rings. The van der Waals surface area contributed by atoms with Gasteiger partial charge in [0.1, 0.15) is 0 Å². The molecule has 3 rings (SSSR count). The van der Waals surface area contributed by atoms with Crippen LogP contribution in [0.15, 0.2) is 71.1 Å². The first-order valence-electron chi connectivity index (χ1n) is 8.10. The maximum Gasteiger partial charge on any atom is 0.339 e. The Morgan fingerprint density at radius 1 is 1.07 bits per heavy atom. The second kappa shape index (κ2) is 8.72. The Morgan fingerprint density at radius 3 is 2.41 bits per heavy atom. The standard InChI is InChI=1S/C19H17N5O2S/c1-14(25)24(17-10-6-3-7-11-17)19-22-16(13-27-19)12-20-23-18(26)21-15-8-4-2-5-9-15/h2-13H,1H3,(H2,21,23,26)/b20-12-. The smallest absolute Gasteiger partial charge is 0.307 e. The van der Waals surface area contributed by atoms with Gasteiger partial charge in [0.25, 0.3) is 0 Å². The molecule has 0 spiro atoms. The SMILES string of the molecule is CC(=O)N(c1ccccc1)c1nc(/C=N\NC(=O)Nc2ccccc2)cs1. The molecule has 0 aliphatic carbocycles. The summed E-state index contributed by atoms with van der Waals surface area (Å²) in [5, 5.41) is 8.83. The number of amides is 3. The van der Waals surface area contributed by atoms with E-state index in [2.05, 4.69) is 20.8 Å². The topological polar surface area (TPSA) is 86.7 Å². The molecule has 0 saturated heterocycles. The number of carbonyl (C=O) groups is 2. The number of carbonyl (C=O) groups excluding carboxylic acids is 2. The van der Waals surface area contributed by atoms with Gasteiger partial charge in [-0.05, 0) is 24.3 Å². The predicted molar refractivity (Wildman–Crippen MR) is 108 cm³/mol. The molecule has 2 N–H and O–H groups in total. The summed E-state index contributed by atoms with van der Waals surface area (Å²) >= 11 is 1.32. The van der Waals surface area contributed by atoms with Gasteiger partial charge >= 0.3 is 6.03 Å². The van der Waals surface area contributed by atoms with Gasteiger partial charge in [-0.25, -0.2) is 15.2 Å². The minimum Gasteiger partial charge on any atom is -0.307 e. The van der Waals surface area contributed by atoms with Crippen molar-refractivity contribution in [2.45, 2.75) is 6.92 Å².